The average molecular weight is 377 g/mol. The van der Waals surface area contributed by atoms with E-state index in [9.17, 15) is 4.79 Å². The van der Waals surface area contributed by atoms with E-state index in [4.69, 9.17) is 16.6 Å². The van der Waals surface area contributed by atoms with Crippen molar-refractivity contribution in [2.24, 2.45) is 0 Å². The molecule has 27 heavy (non-hydrogen) atoms. The molecule has 4 heteroatoms. The monoisotopic (exact) mass is 376 g/mol. The third-order valence-corrected chi connectivity index (χ3v) is 5.09. The highest BCUT2D eigenvalue weighted by Gasteiger charge is 2.19. The molecule has 0 saturated carbocycles. The molecular weight excluding hydrogens is 356 g/mol. The summed E-state index contributed by atoms with van der Waals surface area (Å²) in [6, 6.07) is 18.0. The first-order valence-electron chi connectivity index (χ1n) is 9.22. The minimum Gasteiger partial charge on any atom is -0.355 e. The molecule has 0 saturated heterocycles. The van der Waals surface area contributed by atoms with E-state index in [-0.39, 0.29) is 5.78 Å². The van der Waals surface area contributed by atoms with Crippen LogP contribution in [0.3, 0.4) is 0 Å². The van der Waals surface area contributed by atoms with Crippen molar-refractivity contribution in [1.82, 2.24) is 4.98 Å². The first kappa shape index (κ1) is 17.7. The van der Waals surface area contributed by atoms with Gasteiger partial charge in [0.25, 0.3) is 0 Å². The molecule has 1 N–H and O–H groups in total. The van der Waals surface area contributed by atoms with Gasteiger partial charge in [-0.3, -0.25) is 9.78 Å². The number of nitrogens with zero attached hydrogens (tertiary/aromatic N) is 1. The molecule has 0 amide bonds. The number of anilines is 2. The van der Waals surface area contributed by atoms with E-state index in [1.54, 1.807) is 6.92 Å². The summed E-state index contributed by atoms with van der Waals surface area (Å²) in [4.78, 5) is 16.2. The minimum absolute atomic E-state index is 0.175. The van der Waals surface area contributed by atoms with Gasteiger partial charge in [0, 0.05) is 34.1 Å². The number of fused-ring (bicyclic) bond motifs is 1. The van der Waals surface area contributed by atoms with Crippen LogP contribution >= 0.6 is 11.6 Å². The minimum atomic E-state index is 0.175. The fraction of sp³-hybridized carbons (Fsp3) is 0.217. The van der Waals surface area contributed by atoms with Crippen molar-refractivity contribution in [3.63, 3.8) is 0 Å². The van der Waals surface area contributed by atoms with Gasteiger partial charge in [-0.15, -0.1) is 0 Å². The number of carbonyl (C=O) groups excluding carboxylic acids is 1. The second-order valence-electron chi connectivity index (χ2n) is 7.04. The summed E-state index contributed by atoms with van der Waals surface area (Å²) in [5, 5.41) is 4.26. The quantitative estimate of drug-likeness (QED) is 0.615. The summed E-state index contributed by atoms with van der Waals surface area (Å²) in [6.07, 6.45) is 3.66. The van der Waals surface area contributed by atoms with Crippen molar-refractivity contribution in [2.45, 2.75) is 32.6 Å². The van der Waals surface area contributed by atoms with Crippen LogP contribution in [0.15, 0.2) is 54.6 Å². The van der Waals surface area contributed by atoms with Gasteiger partial charge in [-0.25, -0.2) is 0 Å². The molecule has 0 fully saturated rings. The molecule has 0 unspecified atom stereocenters. The molecule has 136 valence electrons. The van der Waals surface area contributed by atoms with E-state index in [1.165, 1.54) is 11.3 Å². The third-order valence-electron chi connectivity index (χ3n) is 4.86. The predicted molar refractivity (Wildman–Crippen MR) is 111 cm³/mol. The number of nitrogens with one attached hydrogen (secondary N) is 1. The first-order chi connectivity index (χ1) is 13.1. The lowest BCUT2D eigenvalue weighted by Crippen LogP contribution is -2.00. The zero-order valence-electron chi connectivity index (χ0n) is 15.3. The molecule has 1 aromatic heterocycles. The Balaban J connectivity index is 1.67. The van der Waals surface area contributed by atoms with Crippen LogP contribution in [-0.2, 0) is 24.1 Å². The highest BCUT2D eigenvalue weighted by molar-refractivity contribution is 6.30. The molecule has 0 bridgehead atoms. The Labute approximate surface area is 164 Å². The van der Waals surface area contributed by atoms with Crippen LogP contribution < -0.4 is 5.32 Å². The third kappa shape index (κ3) is 4.04. The van der Waals surface area contributed by atoms with Crippen LogP contribution in [0.1, 0.15) is 30.2 Å². The lowest BCUT2D eigenvalue weighted by Gasteiger charge is -2.14. The smallest absolute Gasteiger partial charge is 0.134 e. The highest BCUT2D eigenvalue weighted by atomic mass is 35.5. The van der Waals surface area contributed by atoms with Crippen molar-refractivity contribution in [1.29, 1.82) is 0 Å². The van der Waals surface area contributed by atoms with Crippen molar-refractivity contribution in [2.75, 3.05) is 5.32 Å². The van der Waals surface area contributed by atoms with E-state index < -0.39 is 0 Å². The summed E-state index contributed by atoms with van der Waals surface area (Å²) in [6.45, 7) is 1.61. The van der Waals surface area contributed by atoms with Crippen molar-refractivity contribution in [3.05, 3.63) is 76.4 Å². The molecule has 3 aromatic rings. The number of pyridine rings is 1. The maximum absolute atomic E-state index is 11.3. The molecule has 1 aliphatic rings. The second kappa shape index (κ2) is 7.53. The van der Waals surface area contributed by atoms with Crippen LogP contribution in [-0.4, -0.2) is 10.8 Å². The van der Waals surface area contributed by atoms with Gasteiger partial charge < -0.3 is 5.32 Å². The number of hydrogen-bond acceptors (Lipinski definition) is 3. The number of Topliss-reactive ketones (excluding diaryl/α,β-unsaturated/α-hetero) is 1. The van der Waals surface area contributed by atoms with Crippen molar-refractivity contribution >= 4 is 28.8 Å². The van der Waals surface area contributed by atoms with Gasteiger partial charge in [0.05, 0.1) is 5.69 Å². The van der Waals surface area contributed by atoms with Crippen LogP contribution in [0.2, 0.25) is 5.02 Å². The molecule has 0 spiro atoms. The second-order valence-corrected chi connectivity index (χ2v) is 7.48. The lowest BCUT2D eigenvalue weighted by atomic mass is 10.1. The van der Waals surface area contributed by atoms with Crippen LogP contribution in [0, 0.1) is 0 Å². The zero-order valence-corrected chi connectivity index (χ0v) is 16.0. The molecule has 2 aromatic carbocycles. The number of carbonyl (C=O) groups is 1. The molecule has 0 aliphatic heterocycles. The fourth-order valence-electron chi connectivity index (χ4n) is 3.60. The molecule has 4 rings (SSSR count). The maximum atomic E-state index is 11.3. The normalized spacial score (nSPS) is 12.7. The Bertz CT molecular complexity index is 996. The maximum Gasteiger partial charge on any atom is 0.134 e. The average Bonchev–Trinajstić information content (AvgIpc) is 3.12. The number of aromatic nitrogens is 1. The summed E-state index contributed by atoms with van der Waals surface area (Å²) in [5.74, 6) is 0.175. The Kier molecular flexibility index (Phi) is 4.95. The molecular formula is C23H21ClN2O. The van der Waals surface area contributed by atoms with E-state index in [2.05, 4.69) is 11.4 Å². The van der Waals surface area contributed by atoms with Crippen LogP contribution in [0.25, 0.3) is 11.3 Å². The Morgan fingerprint density at radius 3 is 2.67 bits per heavy atom. The van der Waals surface area contributed by atoms with Gasteiger partial charge in [0.2, 0.25) is 0 Å². The molecule has 0 atom stereocenters. The van der Waals surface area contributed by atoms with E-state index in [1.807, 2.05) is 48.5 Å². The lowest BCUT2D eigenvalue weighted by molar-refractivity contribution is -0.116. The molecule has 1 aliphatic carbocycles. The topological polar surface area (TPSA) is 42.0 Å². The van der Waals surface area contributed by atoms with Crippen LogP contribution in [0.5, 0.6) is 0 Å². The molecule has 0 radical (unpaired) electrons. The summed E-state index contributed by atoms with van der Waals surface area (Å²) < 4.78 is 0. The summed E-state index contributed by atoms with van der Waals surface area (Å²) in [5.41, 5.74) is 7.58. The van der Waals surface area contributed by atoms with Gasteiger partial charge in [0.15, 0.2) is 0 Å². The molecule has 1 heterocycles. The van der Waals surface area contributed by atoms with Crippen molar-refractivity contribution in [3.8, 4) is 11.3 Å². The van der Waals surface area contributed by atoms with Gasteiger partial charge in [-0.2, -0.15) is 0 Å². The van der Waals surface area contributed by atoms with Crippen molar-refractivity contribution < 1.29 is 4.79 Å². The number of aryl methyl sites for hydroxylation is 1. The summed E-state index contributed by atoms with van der Waals surface area (Å²) in [7, 11) is 0. The highest BCUT2D eigenvalue weighted by Crippen LogP contribution is 2.34. The Hall–Kier alpha value is -2.65. The van der Waals surface area contributed by atoms with Gasteiger partial charge >= 0.3 is 0 Å². The number of benzene rings is 2. The number of rotatable bonds is 5. The van der Waals surface area contributed by atoms with E-state index in [0.29, 0.717) is 11.4 Å². The first-order valence-corrected chi connectivity index (χ1v) is 9.60. The van der Waals surface area contributed by atoms with Gasteiger partial charge in [-0.05, 0) is 67.6 Å². The van der Waals surface area contributed by atoms with Gasteiger partial charge in [-0.1, -0.05) is 35.9 Å². The van der Waals surface area contributed by atoms with E-state index in [0.717, 1.165) is 47.5 Å². The van der Waals surface area contributed by atoms with Gasteiger partial charge in [0.1, 0.15) is 5.78 Å². The number of ketones is 1. The summed E-state index contributed by atoms with van der Waals surface area (Å²) >= 11 is 6.16. The zero-order chi connectivity index (χ0) is 18.8. The SMILES string of the molecule is CC(=O)Cc1ccc(Nc2cc(-c3cccc(Cl)c3)nc3c2CCC3)cc1. The number of halogens is 1. The van der Waals surface area contributed by atoms with Crippen LogP contribution in [0.4, 0.5) is 11.4 Å². The Morgan fingerprint density at radius 1 is 1.11 bits per heavy atom. The van der Waals surface area contributed by atoms with E-state index >= 15 is 0 Å². The largest absolute Gasteiger partial charge is 0.355 e. The predicted octanol–water partition coefficient (Wildman–Crippen LogP) is 5.77. The Morgan fingerprint density at radius 2 is 1.93 bits per heavy atom. The fourth-order valence-corrected chi connectivity index (χ4v) is 3.79. The molecule has 3 nitrogen and oxygen atoms in total. The number of hydrogen-bond donors (Lipinski definition) is 1. The standard InChI is InChI=1S/C23H21ClN2O/c1-15(27)12-16-8-10-19(11-9-16)25-23-14-22(17-4-2-5-18(24)13-17)26-21-7-3-6-20(21)23/h2,4-5,8-11,13-14H,3,6-7,12H2,1H3,(H,25,26).